The molecule has 3 heteroatoms. The van der Waals surface area contributed by atoms with E-state index >= 15 is 0 Å². The lowest BCUT2D eigenvalue weighted by Gasteiger charge is -2.13. The van der Waals surface area contributed by atoms with Crippen molar-refractivity contribution in [2.24, 2.45) is 11.3 Å². The van der Waals surface area contributed by atoms with Gasteiger partial charge in [-0.2, -0.15) is 5.26 Å². The fourth-order valence-corrected chi connectivity index (χ4v) is 1.84. The summed E-state index contributed by atoms with van der Waals surface area (Å²) in [7, 11) is 0. The molecular formula is C9H13NO2. The SMILES string of the molecule is CCC1CCC(C#N)(C(=O)O)C1. The van der Waals surface area contributed by atoms with Crippen LogP contribution < -0.4 is 0 Å². The fourth-order valence-electron chi connectivity index (χ4n) is 1.84. The number of carboxylic acid groups (broad SMARTS) is 1. The lowest BCUT2D eigenvalue weighted by atomic mass is 9.87. The first kappa shape index (κ1) is 9.05. The summed E-state index contributed by atoms with van der Waals surface area (Å²) in [6.07, 6.45) is 2.93. The van der Waals surface area contributed by atoms with Crippen molar-refractivity contribution in [3.63, 3.8) is 0 Å². The molecule has 12 heavy (non-hydrogen) atoms. The van der Waals surface area contributed by atoms with Crippen LogP contribution in [-0.2, 0) is 4.79 Å². The van der Waals surface area contributed by atoms with Crippen LogP contribution in [0.15, 0.2) is 0 Å². The number of hydrogen-bond donors (Lipinski definition) is 1. The van der Waals surface area contributed by atoms with Crippen LogP contribution >= 0.6 is 0 Å². The molecule has 0 aliphatic heterocycles. The molecule has 0 aromatic heterocycles. The van der Waals surface area contributed by atoms with Gasteiger partial charge in [0, 0.05) is 0 Å². The van der Waals surface area contributed by atoms with Crippen LogP contribution in [0.4, 0.5) is 0 Å². The Balaban J connectivity index is 2.74. The van der Waals surface area contributed by atoms with Gasteiger partial charge in [0.25, 0.3) is 0 Å². The predicted octanol–water partition coefficient (Wildman–Crippen LogP) is 1.79. The largest absolute Gasteiger partial charge is 0.480 e. The van der Waals surface area contributed by atoms with E-state index in [1.807, 2.05) is 13.0 Å². The van der Waals surface area contributed by atoms with Gasteiger partial charge in [-0.3, -0.25) is 4.79 Å². The van der Waals surface area contributed by atoms with Gasteiger partial charge in [0.2, 0.25) is 0 Å². The summed E-state index contributed by atoms with van der Waals surface area (Å²) in [6.45, 7) is 2.04. The highest BCUT2D eigenvalue weighted by molar-refractivity contribution is 5.78. The smallest absolute Gasteiger partial charge is 0.324 e. The van der Waals surface area contributed by atoms with Gasteiger partial charge >= 0.3 is 5.97 Å². The van der Waals surface area contributed by atoms with Crippen LogP contribution in [-0.4, -0.2) is 11.1 Å². The number of rotatable bonds is 2. The number of nitrogens with zero attached hydrogens (tertiary/aromatic N) is 1. The molecule has 1 saturated carbocycles. The Morgan fingerprint density at radius 3 is 2.75 bits per heavy atom. The van der Waals surface area contributed by atoms with Gasteiger partial charge in [-0.15, -0.1) is 0 Å². The number of aliphatic carboxylic acids is 1. The van der Waals surface area contributed by atoms with Crippen molar-refractivity contribution in [1.82, 2.24) is 0 Å². The van der Waals surface area contributed by atoms with Gasteiger partial charge in [-0.1, -0.05) is 13.3 Å². The molecule has 66 valence electrons. The summed E-state index contributed by atoms with van der Waals surface area (Å²) in [5.41, 5.74) is -1.07. The van der Waals surface area contributed by atoms with E-state index in [2.05, 4.69) is 0 Å². The molecule has 0 amide bonds. The van der Waals surface area contributed by atoms with Gasteiger partial charge in [-0.05, 0) is 25.2 Å². The minimum absolute atomic E-state index is 0.431. The van der Waals surface area contributed by atoms with Crippen molar-refractivity contribution in [2.75, 3.05) is 0 Å². The summed E-state index contributed by atoms with van der Waals surface area (Å²) in [5.74, 6) is -0.512. The van der Waals surface area contributed by atoms with Crippen LogP contribution in [0.1, 0.15) is 32.6 Å². The van der Waals surface area contributed by atoms with Gasteiger partial charge in [0.15, 0.2) is 5.41 Å². The molecule has 0 saturated heterocycles. The highest BCUT2D eigenvalue weighted by atomic mass is 16.4. The molecule has 0 aromatic rings. The fraction of sp³-hybridized carbons (Fsp3) is 0.778. The minimum atomic E-state index is -1.07. The summed E-state index contributed by atoms with van der Waals surface area (Å²) in [6, 6.07) is 1.94. The molecule has 0 aromatic carbocycles. The van der Waals surface area contributed by atoms with Gasteiger partial charge in [-0.25, -0.2) is 0 Å². The summed E-state index contributed by atoms with van der Waals surface area (Å²) < 4.78 is 0. The maximum Gasteiger partial charge on any atom is 0.324 e. The first-order valence-corrected chi connectivity index (χ1v) is 4.29. The first-order chi connectivity index (χ1) is 5.64. The molecule has 2 unspecified atom stereocenters. The molecule has 0 radical (unpaired) electrons. The maximum atomic E-state index is 10.8. The summed E-state index contributed by atoms with van der Waals surface area (Å²) in [4.78, 5) is 10.8. The van der Waals surface area contributed by atoms with Gasteiger partial charge < -0.3 is 5.11 Å². The Labute approximate surface area is 72.0 Å². The topological polar surface area (TPSA) is 61.1 Å². The number of nitriles is 1. The third kappa shape index (κ3) is 1.29. The van der Waals surface area contributed by atoms with Gasteiger partial charge in [0.1, 0.15) is 0 Å². The summed E-state index contributed by atoms with van der Waals surface area (Å²) in [5, 5.41) is 17.6. The lowest BCUT2D eigenvalue weighted by Crippen LogP contribution is -2.26. The molecule has 0 heterocycles. The van der Waals surface area contributed by atoms with Crippen LogP contribution in [0.25, 0.3) is 0 Å². The van der Waals surface area contributed by atoms with E-state index in [-0.39, 0.29) is 0 Å². The average molecular weight is 167 g/mol. The molecule has 1 N–H and O–H groups in total. The van der Waals surface area contributed by atoms with Crippen LogP contribution in [0.5, 0.6) is 0 Å². The van der Waals surface area contributed by atoms with Crippen LogP contribution in [0.3, 0.4) is 0 Å². The van der Waals surface area contributed by atoms with E-state index in [0.29, 0.717) is 18.8 Å². The molecule has 1 rings (SSSR count). The van der Waals surface area contributed by atoms with E-state index in [4.69, 9.17) is 10.4 Å². The molecule has 3 nitrogen and oxygen atoms in total. The third-order valence-electron chi connectivity index (χ3n) is 2.82. The number of hydrogen-bond acceptors (Lipinski definition) is 2. The Kier molecular flexibility index (Phi) is 2.37. The number of carboxylic acids is 1. The van der Waals surface area contributed by atoms with Crippen LogP contribution in [0, 0.1) is 22.7 Å². The third-order valence-corrected chi connectivity index (χ3v) is 2.82. The standard InChI is InChI=1S/C9H13NO2/c1-2-7-3-4-9(5-7,6-10)8(11)12/h7H,2-5H2,1H3,(H,11,12). The summed E-state index contributed by atoms with van der Waals surface area (Å²) >= 11 is 0. The Morgan fingerprint density at radius 1 is 1.83 bits per heavy atom. The van der Waals surface area contributed by atoms with Crippen molar-refractivity contribution in [2.45, 2.75) is 32.6 Å². The van der Waals surface area contributed by atoms with E-state index in [0.717, 1.165) is 12.8 Å². The van der Waals surface area contributed by atoms with Crippen molar-refractivity contribution >= 4 is 5.97 Å². The number of carbonyl (C=O) groups is 1. The quantitative estimate of drug-likeness (QED) is 0.682. The Bertz CT molecular complexity index is 231. The monoisotopic (exact) mass is 167 g/mol. The molecule has 1 aliphatic carbocycles. The van der Waals surface area contributed by atoms with E-state index in [1.54, 1.807) is 0 Å². The minimum Gasteiger partial charge on any atom is -0.480 e. The normalized spacial score (nSPS) is 34.5. The highest BCUT2D eigenvalue weighted by Crippen LogP contribution is 2.42. The zero-order chi connectivity index (χ0) is 9.19. The van der Waals surface area contributed by atoms with Gasteiger partial charge in [0.05, 0.1) is 6.07 Å². The predicted molar refractivity (Wildman–Crippen MR) is 43.3 cm³/mol. The zero-order valence-electron chi connectivity index (χ0n) is 7.21. The highest BCUT2D eigenvalue weighted by Gasteiger charge is 2.45. The molecular weight excluding hydrogens is 154 g/mol. The van der Waals surface area contributed by atoms with Crippen LogP contribution in [0.2, 0.25) is 0 Å². The van der Waals surface area contributed by atoms with E-state index in [1.165, 1.54) is 0 Å². The van der Waals surface area contributed by atoms with Crippen molar-refractivity contribution in [3.8, 4) is 6.07 Å². The second-order valence-electron chi connectivity index (χ2n) is 3.52. The molecule has 0 spiro atoms. The zero-order valence-corrected chi connectivity index (χ0v) is 7.21. The van der Waals surface area contributed by atoms with Crippen molar-refractivity contribution < 1.29 is 9.90 Å². The average Bonchev–Trinajstić information content (AvgIpc) is 2.48. The Hall–Kier alpha value is -1.04. The molecule has 2 atom stereocenters. The lowest BCUT2D eigenvalue weighted by molar-refractivity contribution is -0.145. The molecule has 1 aliphatic rings. The first-order valence-electron chi connectivity index (χ1n) is 4.29. The second kappa shape index (κ2) is 3.14. The van der Waals surface area contributed by atoms with E-state index in [9.17, 15) is 4.79 Å². The molecule has 0 bridgehead atoms. The van der Waals surface area contributed by atoms with Crippen molar-refractivity contribution in [1.29, 1.82) is 5.26 Å². The van der Waals surface area contributed by atoms with Crippen molar-refractivity contribution in [3.05, 3.63) is 0 Å². The Morgan fingerprint density at radius 2 is 2.50 bits per heavy atom. The maximum absolute atomic E-state index is 10.8. The second-order valence-corrected chi connectivity index (χ2v) is 3.52. The van der Waals surface area contributed by atoms with E-state index < -0.39 is 11.4 Å². The molecule has 1 fully saturated rings.